The minimum atomic E-state index is -3.54. The molecular formula is C26H35Cl2N3O4S. The third kappa shape index (κ3) is 8.98. The number of carbonyl (C=O) groups excluding carboxylic acids is 2. The molecule has 0 aromatic heterocycles. The van der Waals surface area contributed by atoms with Crippen LogP contribution in [0.5, 0.6) is 0 Å². The number of nitrogens with one attached hydrogen (secondary N) is 1. The van der Waals surface area contributed by atoms with Gasteiger partial charge < -0.3 is 10.2 Å². The molecule has 0 bridgehead atoms. The second-order valence-electron chi connectivity index (χ2n) is 8.85. The van der Waals surface area contributed by atoms with Crippen molar-refractivity contribution >= 4 is 50.7 Å². The Hall–Kier alpha value is -2.29. The maximum Gasteiger partial charge on any atom is 0.242 e. The minimum Gasteiger partial charge on any atom is -0.354 e. The molecule has 0 unspecified atom stereocenters. The van der Waals surface area contributed by atoms with Crippen LogP contribution in [-0.4, -0.2) is 50.5 Å². The number of anilines is 1. The number of aryl methyl sites for hydroxylation is 1. The fourth-order valence-corrected chi connectivity index (χ4v) is 5.10. The molecule has 1 atom stereocenters. The van der Waals surface area contributed by atoms with Crippen molar-refractivity contribution < 1.29 is 18.0 Å². The summed E-state index contributed by atoms with van der Waals surface area (Å²) in [6.07, 6.45) is 3.28. The summed E-state index contributed by atoms with van der Waals surface area (Å²) in [6.45, 7) is 6.44. The van der Waals surface area contributed by atoms with Crippen LogP contribution in [0.2, 0.25) is 10.0 Å². The molecule has 10 heteroatoms. The van der Waals surface area contributed by atoms with Crippen molar-refractivity contribution in [1.82, 2.24) is 10.2 Å². The first-order valence-electron chi connectivity index (χ1n) is 12.0. The first-order valence-corrected chi connectivity index (χ1v) is 14.6. The lowest BCUT2D eigenvalue weighted by atomic mass is 10.1. The van der Waals surface area contributed by atoms with Gasteiger partial charge in [0.15, 0.2) is 0 Å². The molecule has 0 heterocycles. The number of nitrogens with zero attached hydrogens (tertiary/aromatic N) is 2. The molecule has 0 aliphatic heterocycles. The monoisotopic (exact) mass is 555 g/mol. The van der Waals surface area contributed by atoms with E-state index in [1.807, 2.05) is 26.0 Å². The molecule has 36 heavy (non-hydrogen) atoms. The molecule has 0 radical (unpaired) electrons. The van der Waals surface area contributed by atoms with E-state index in [1.54, 1.807) is 37.3 Å². The molecule has 2 aromatic rings. The molecule has 0 fully saturated rings. The number of unbranched alkanes of at least 4 members (excludes halogenated alkanes) is 1. The highest BCUT2D eigenvalue weighted by Gasteiger charge is 2.27. The van der Waals surface area contributed by atoms with Crippen LogP contribution < -0.4 is 9.62 Å². The zero-order valence-electron chi connectivity index (χ0n) is 21.3. The number of hydrogen-bond acceptors (Lipinski definition) is 4. The van der Waals surface area contributed by atoms with E-state index in [1.165, 1.54) is 9.21 Å². The van der Waals surface area contributed by atoms with E-state index in [4.69, 9.17) is 23.2 Å². The van der Waals surface area contributed by atoms with Crippen molar-refractivity contribution in [1.29, 1.82) is 0 Å². The molecule has 0 aliphatic carbocycles. The fraction of sp³-hybridized carbons (Fsp3) is 0.462. The third-order valence-corrected chi connectivity index (χ3v) is 7.61. The van der Waals surface area contributed by atoms with E-state index < -0.39 is 16.1 Å². The second-order valence-corrected chi connectivity index (χ2v) is 11.6. The summed E-state index contributed by atoms with van der Waals surface area (Å²) in [4.78, 5) is 27.6. The maximum absolute atomic E-state index is 13.3. The molecule has 0 spiro atoms. The van der Waals surface area contributed by atoms with Gasteiger partial charge >= 0.3 is 0 Å². The van der Waals surface area contributed by atoms with Crippen LogP contribution in [0.1, 0.15) is 50.7 Å². The largest absolute Gasteiger partial charge is 0.354 e. The molecule has 0 aliphatic rings. The predicted molar refractivity (Wildman–Crippen MR) is 147 cm³/mol. The summed E-state index contributed by atoms with van der Waals surface area (Å²) in [5, 5.41) is 3.75. The average Bonchev–Trinajstić information content (AvgIpc) is 2.81. The van der Waals surface area contributed by atoms with Crippen LogP contribution in [-0.2, 0) is 26.2 Å². The molecule has 1 N–H and O–H groups in total. The van der Waals surface area contributed by atoms with Gasteiger partial charge in [0, 0.05) is 36.1 Å². The van der Waals surface area contributed by atoms with E-state index in [9.17, 15) is 18.0 Å². The Bertz CT molecular complexity index is 1140. The second kappa shape index (κ2) is 13.9. The van der Waals surface area contributed by atoms with Crippen LogP contribution in [0.3, 0.4) is 0 Å². The standard InChI is InChI=1S/C26H35Cl2N3O4S/c1-5-6-15-29-26(33)20(3)30(18-21-11-12-22(27)17-24(21)28)25(32)8-7-16-31(36(4,34)35)23-13-9-19(2)10-14-23/h9-14,17,20H,5-8,15-16,18H2,1-4H3,(H,29,33)/t20-/m0/s1. The third-order valence-electron chi connectivity index (χ3n) is 5.83. The number of rotatable bonds is 13. The van der Waals surface area contributed by atoms with Gasteiger partial charge in [-0.25, -0.2) is 8.42 Å². The van der Waals surface area contributed by atoms with Crippen molar-refractivity contribution in [3.8, 4) is 0 Å². The van der Waals surface area contributed by atoms with Crippen molar-refractivity contribution in [2.75, 3.05) is 23.7 Å². The average molecular weight is 557 g/mol. The van der Waals surface area contributed by atoms with E-state index in [0.29, 0.717) is 27.8 Å². The lowest BCUT2D eigenvalue weighted by Crippen LogP contribution is -2.48. The SMILES string of the molecule is CCCCNC(=O)[C@H](C)N(Cc1ccc(Cl)cc1Cl)C(=O)CCCN(c1ccc(C)cc1)S(C)(=O)=O. The van der Waals surface area contributed by atoms with Gasteiger partial charge in [0.1, 0.15) is 6.04 Å². The Labute approximate surface area is 224 Å². The highest BCUT2D eigenvalue weighted by Crippen LogP contribution is 2.24. The number of hydrogen-bond donors (Lipinski definition) is 1. The zero-order valence-corrected chi connectivity index (χ0v) is 23.6. The highest BCUT2D eigenvalue weighted by molar-refractivity contribution is 7.92. The lowest BCUT2D eigenvalue weighted by Gasteiger charge is -2.30. The molecule has 7 nitrogen and oxygen atoms in total. The van der Waals surface area contributed by atoms with Gasteiger partial charge in [0.2, 0.25) is 21.8 Å². The Morgan fingerprint density at radius 1 is 1.06 bits per heavy atom. The van der Waals surface area contributed by atoms with Crippen molar-refractivity contribution in [3.05, 3.63) is 63.6 Å². The minimum absolute atomic E-state index is 0.0651. The Balaban J connectivity index is 2.17. The molecule has 2 aromatic carbocycles. The Morgan fingerprint density at radius 2 is 1.72 bits per heavy atom. The number of amides is 2. The Morgan fingerprint density at radius 3 is 2.31 bits per heavy atom. The van der Waals surface area contributed by atoms with Gasteiger partial charge in [-0.15, -0.1) is 0 Å². The maximum atomic E-state index is 13.3. The number of sulfonamides is 1. The first kappa shape index (κ1) is 29.9. The quantitative estimate of drug-likeness (QED) is 0.345. The number of benzene rings is 2. The van der Waals surface area contributed by atoms with Gasteiger partial charge in [-0.1, -0.05) is 60.3 Å². The summed E-state index contributed by atoms with van der Waals surface area (Å²) in [7, 11) is -3.54. The normalized spacial score (nSPS) is 12.2. The van der Waals surface area contributed by atoms with Gasteiger partial charge in [-0.05, 0) is 56.5 Å². The Kier molecular flexibility index (Phi) is 11.5. The predicted octanol–water partition coefficient (Wildman–Crippen LogP) is 5.18. The molecule has 0 saturated heterocycles. The van der Waals surface area contributed by atoms with Crippen LogP contribution in [0.25, 0.3) is 0 Å². The van der Waals surface area contributed by atoms with E-state index >= 15 is 0 Å². The topological polar surface area (TPSA) is 86.8 Å². The smallest absolute Gasteiger partial charge is 0.242 e. The van der Waals surface area contributed by atoms with Crippen LogP contribution >= 0.6 is 23.2 Å². The van der Waals surface area contributed by atoms with Gasteiger partial charge in [-0.2, -0.15) is 0 Å². The van der Waals surface area contributed by atoms with Gasteiger partial charge in [0.25, 0.3) is 0 Å². The van der Waals surface area contributed by atoms with Crippen molar-refractivity contribution in [2.24, 2.45) is 0 Å². The van der Waals surface area contributed by atoms with Gasteiger partial charge in [-0.3, -0.25) is 13.9 Å². The highest BCUT2D eigenvalue weighted by atomic mass is 35.5. The molecular weight excluding hydrogens is 521 g/mol. The fourth-order valence-electron chi connectivity index (χ4n) is 3.67. The summed E-state index contributed by atoms with van der Waals surface area (Å²) < 4.78 is 26.1. The van der Waals surface area contributed by atoms with Crippen molar-refractivity contribution in [2.45, 2.75) is 59.0 Å². The van der Waals surface area contributed by atoms with Crippen molar-refractivity contribution in [3.63, 3.8) is 0 Å². The molecule has 2 amide bonds. The summed E-state index contributed by atoms with van der Waals surface area (Å²) >= 11 is 12.4. The first-order chi connectivity index (χ1) is 16.9. The van der Waals surface area contributed by atoms with E-state index in [2.05, 4.69) is 5.32 Å². The summed E-state index contributed by atoms with van der Waals surface area (Å²) in [6, 6.07) is 11.5. The number of halogens is 2. The van der Waals surface area contributed by atoms with Gasteiger partial charge in [0.05, 0.1) is 11.9 Å². The molecule has 198 valence electrons. The lowest BCUT2D eigenvalue weighted by molar-refractivity contribution is -0.140. The van der Waals surface area contributed by atoms with Crippen LogP contribution in [0.4, 0.5) is 5.69 Å². The molecule has 2 rings (SSSR count). The summed E-state index contributed by atoms with van der Waals surface area (Å²) in [5.74, 6) is -0.518. The van der Waals surface area contributed by atoms with Crippen LogP contribution in [0.15, 0.2) is 42.5 Å². The number of carbonyl (C=O) groups is 2. The van der Waals surface area contributed by atoms with E-state index in [-0.39, 0.29) is 37.7 Å². The van der Waals surface area contributed by atoms with Crippen LogP contribution in [0, 0.1) is 6.92 Å². The zero-order chi connectivity index (χ0) is 26.9. The summed E-state index contributed by atoms with van der Waals surface area (Å²) in [5.41, 5.74) is 2.23. The van der Waals surface area contributed by atoms with E-state index in [0.717, 1.165) is 24.7 Å². The molecule has 0 saturated carbocycles.